The number of benzene rings is 1. The van der Waals surface area contributed by atoms with E-state index in [0.29, 0.717) is 22.9 Å². The molecular weight excluding hydrogens is 316 g/mol. The Labute approximate surface area is 136 Å². The van der Waals surface area contributed by atoms with Gasteiger partial charge in [-0.15, -0.1) is 0 Å². The van der Waals surface area contributed by atoms with Crippen molar-refractivity contribution in [2.45, 2.75) is 19.6 Å². The fraction of sp³-hybridized carbons (Fsp3) is 0.375. The van der Waals surface area contributed by atoms with Crippen molar-refractivity contribution in [2.75, 3.05) is 19.5 Å². The van der Waals surface area contributed by atoms with Crippen molar-refractivity contribution >= 4 is 9.84 Å². The van der Waals surface area contributed by atoms with Crippen molar-refractivity contribution in [3.05, 3.63) is 47.5 Å². The van der Waals surface area contributed by atoms with Gasteiger partial charge in [-0.1, -0.05) is 12.1 Å². The fourth-order valence-corrected chi connectivity index (χ4v) is 3.24. The summed E-state index contributed by atoms with van der Waals surface area (Å²) in [7, 11) is -1.79. The Morgan fingerprint density at radius 1 is 1.13 bits per heavy atom. The molecule has 0 bridgehead atoms. The van der Waals surface area contributed by atoms with E-state index in [1.807, 2.05) is 13.0 Å². The van der Waals surface area contributed by atoms with E-state index in [2.05, 4.69) is 9.97 Å². The van der Waals surface area contributed by atoms with Crippen molar-refractivity contribution in [3.8, 4) is 11.5 Å². The van der Waals surface area contributed by atoms with Gasteiger partial charge in [-0.3, -0.25) is 9.97 Å². The van der Waals surface area contributed by atoms with Crippen LogP contribution in [0.4, 0.5) is 0 Å². The van der Waals surface area contributed by atoms with Gasteiger partial charge in [-0.2, -0.15) is 0 Å². The third-order valence-electron chi connectivity index (χ3n) is 3.25. The Kier molecular flexibility index (Phi) is 5.54. The van der Waals surface area contributed by atoms with Crippen molar-refractivity contribution in [1.29, 1.82) is 0 Å². The van der Waals surface area contributed by atoms with E-state index in [1.165, 1.54) is 7.11 Å². The van der Waals surface area contributed by atoms with E-state index in [4.69, 9.17) is 9.47 Å². The van der Waals surface area contributed by atoms with Crippen LogP contribution in [0.25, 0.3) is 0 Å². The second kappa shape index (κ2) is 7.41. The van der Waals surface area contributed by atoms with Crippen LogP contribution in [0.1, 0.15) is 17.1 Å². The van der Waals surface area contributed by atoms with Gasteiger partial charge in [0.25, 0.3) is 0 Å². The molecule has 0 radical (unpaired) electrons. The summed E-state index contributed by atoms with van der Waals surface area (Å²) in [6, 6.07) is 7.12. The standard InChI is InChI=1S/C16H20N2O4S/c1-12-10-17-14(13(2)18-12)11-23(19,20)9-8-22-16-7-5-4-6-15(16)21-3/h4-7,10H,8-9,11H2,1-3H3. The number of methoxy groups -OCH3 is 1. The fourth-order valence-electron chi connectivity index (χ4n) is 2.06. The van der Waals surface area contributed by atoms with E-state index >= 15 is 0 Å². The van der Waals surface area contributed by atoms with Gasteiger partial charge in [0.05, 0.1) is 35.7 Å². The number of hydrogen-bond donors (Lipinski definition) is 0. The Balaban J connectivity index is 1.96. The summed E-state index contributed by atoms with van der Waals surface area (Å²) < 4.78 is 35.1. The highest BCUT2D eigenvalue weighted by Gasteiger charge is 2.16. The molecule has 0 saturated carbocycles. The second-order valence-corrected chi connectivity index (χ2v) is 7.32. The van der Waals surface area contributed by atoms with Crippen LogP contribution in [0.2, 0.25) is 0 Å². The highest BCUT2D eigenvalue weighted by Crippen LogP contribution is 2.25. The van der Waals surface area contributed by atoms with Crippen LogP contribution in [0.5, 0.6) is 11.5 Å². The minimum Gasteiger partial charge on any atom is -0.493 e. The van der Waals surface area contributed by atoms with Gasteiger partial charge in [0, 0.05) is 6.20 Å². The molecule has 6 nitrogen and oxygen atoms in total. The van der Waals surface area contributed by atoms with E-state index < -0.39 is 9.84 Å². The Morgan fingerprint density at radius 3 is 2.48 bits per heavy atom. The average molecular weight is 336 g/mol. The molecule has 0 atom stereocenters. The molecule has 23 heavy (non-hydrogen) atoms. The predicted octanol–water partition coefficient (Wildman–Crippen LogP) is 2.10. The van der Waals surface area contributed by atoms with Gasteiger partial charge in [0.15, 0.2) is 21.3 Å². The zero-order chi connectivity index (χ0) is 16.9. The molecular formula is C16H20N2O4S. The third-order valence-corrected chi connectivity index (χ3v) is 4.75. The van der Waals surface area contributed by atoms with Crippen molar-refractivity contribution < 1.29 is 17.9 Å². The first-order valence-corrected chi connectivity index (χ1v) is 8.99. The molecule has 2 rings (SSSR count). The summed E-state index contributed by atoms with van der Waals surface area (Å²) in [5, 5.41) is 0. The lowest BCUT2D eigenvalue weighted by molar-refractivity contribution is 0.311. The molecule has 0 aliphatic carbocycles. The zero-order valence-corrected chi connectivity index (χ0v) is 14.3. The van der Waals surface area contributed by atoms with Gasteiger partial charge in [-0.25, -0.2) is 8.42 Å². The van der Waals surface area contributed by atoms with Crippen LogP contribution in [0.15, 0.2) is 30.5 Å². The highest BCUT2D eigenvalue weighted by molar-refractivity contribution is 7.90. The number of ether oxygens (including phenoxy) is 2. The predicted molar refractivity (Wildman–Crippen MR) is 87.5 cm³/mol. The Hall–Kier alpha value is -2.15. The van der Waals surface area contributed by atoms with Gasteiger partial charge >= 0.3 is 0 Å². The van der Waals surface area contributed by atoms with Crippen LogP contribution >= 0.6 is 0 Å². The molecule has 0 spiro atoms. The maximum absolute atomic E-state index is 12.2. The van der Waals surface area contributed by atoms with Crippen LogP contribution < -0.4 is 9.47 Å². The number of sulfone groups is 1. The van der Waals surface area contributed by atoms with E-state index in [1.54, 1.807) is 31.3 Å². The largest absolute Gasteiger partial charge is 0.493 e. The highest BCUT2D eigenvalue weighted by atomic mass is 32.2. The summed E-state index contributed by atoms with van der Waals surface area (Å²) in [5.41, 5.74) is 1.88. The second-order valence-electron chi connectivity index (χ2n) is 5.13. The summed E-state index contributed by atoms with van der Waals surface area (Å²) >= 11 is 0. The lowest BCUT2D eigenvalue weighted by Gasteiger charge is -2.11. The van der Waals surface area contributed by atoms with Gasteiger partial charge in [0.2, 0.25) is 0 Å². The lowest BCUT2D eigenvalue weighted by atomic mass is 10.3. The quantitative estimate of drug-likeness (QED) is 0.770. The molecule has 124 valence electrons. The Bertz CT molecular complexity index is 775. The SMILES string of the molecule is COc1ccccc1OCCS(=O)(=O)Cc1ncc(C)nc1C. The Morgan fingerprint density at radius 2 is 1.83 bits per heavy atom. The first kappa shape index (κ1) is 17.2. The number of rotatable bonds is 7. The molecule has 0 N–H and O–H groups in total. The first-order valence-electron chi connectivity index (χ1n) is 7.16. The normalized spacial score (nSPS) is 11.3. The van der Waals surface area contributed by atoms with Crippen LogP contribution in [-0.2, 0) is 15.6 Å². The molecule has 0 saturated heterocycles. The smallest absolute Gasteiger partial charge is 0.161 e. The topological polar surface area (TPSA) is 78.4 Å². The zero-order valence-electron chi connectivity index (χ0n) is 13.4. The average Bonchev–Trinajstić information content (AvgIpc) is 2.50. The maximum atomic E-state index is 12.2. The molecule has 0 amide bonds. The van der Waals surface area contributed by atoms with Gasteiger partial charge < -0.3 is 9.47 Å². The van der Waals surface area contributed by atoms with E-state index in [-0.39, 0.29) is 18.1 Å². The van der Waals surface area contributed by atoms with Crippen LogP contribution in [0.3, 0.4) is 0 Å². The van der Waals surface area contributed by atoms with Crippen molar-refractivity contribution in [3.63, 3.8) is 0 Å². The summed E-state index contributed by atoms with van der Waals surface area (Å²) in [5.74, 6) is 0.864. The summed E-state index contributed by atoms with van der Waals surface area (Å²) in [6.45, 7) is 3.64. The number of hydrogen-bond acceptors (Lipinski definition) is 6. The van der Waals surface area contributed by atoms with E-state index in [9.17, 15) is 8.42 Å². The molecule has 0 unspecified atom stereocenters. The number of aromatic nitrogens is 2. The molecule has 7 heteroatoms. The third kappa shape index (κ3) is 4.92. The maximum Gasteiger partial charge on any atom is 0.161 e. The molecule has 1 aromatic carbocycles. The lowest BCUT2D eigenvalue weighted by Crippen LogP contribution is -2.17. The molecule has 0 aliphatic heterocycles. The van der Waals surface area contributed by atoms with Crippen molar-refractivity contribution in [2.24, 2.45) is 0 Å². The van der Waals surface area contributed by atoms with Crippen molar-refractivity contribution in [1.82, 2.24) is 9.97 Å². The number of aryl methyl sites for hydroxylation is 2. The monoisotopic (exact) mass is 336 g/mol. The summed E-state index contributed by atoms with van der Waals surface area (Å²) in [4.78, 5) is 8.39. The minimum absolute atomic E-state index is 0.0566. The minimum atomic E-state index is -3.33. The molecule has 1 aromatic heterocycles. The number of nitrogens with zero attached hydrogens (tertiary/aromatic N) is 2. The molecule has 0 fully saturated rings. The molecule has 2 aromatic rings. The first-order chi connectivity index (χ1) is 10.9. The molecule has 0 aliphatic rings. The molecule has 1 heterocycles. The van der Waals surface area contributed by atoms with E-state index in [0.717, 1.165) is 5.69 Å². The van der Waals surface area contributed by atoms with Crippen LogP contribution in [-0.4, -0.2) is 37.9 Å². The number of para-hydroxylation sites is 2. The van der Waals surface area contributed by atoms with Gasteiger partial charge in [0.1, 0.15) is 6.61 Å². The van der Waals surface area contributed by atoms with Crippen LogP contribution in [0, 0.1) is 13.8 Å². The van der Waals surface area contributed by atoms with Gasteiger partial charge in [-0.05, 0) is 26.0 Å². The summed E-state index contributed by atoms with van der Waals surface area (Å²) in [6.07, 6.45) is 1.57.